The van der Waals surface area contributed by atoms with Gasteiger partial charge in [0.05, 0.1) is 0 Å². The van der Waals surface area contributed by atoms with Gasteiger partial charge in [0.15, 0.2) is 0 Å². The predicted octanol–water partition coefficient (Wildman–Crippen LogP) is 1.80. The Balaban J connectivity index is 2.26. The van der Waals surface area contributed by atoms with Gasteiger partial charge in [-0.3, -0.25) is 4.79 Å². The molecule has 11 heteroatoms. The second-order valence-electron chi connectivity index (χ2n) is 5.18. The van der Waals surface area contributed by atoms with Crippen LogP contribution in [0.25, 0.3) is 0 Å². The van der Waals surface area contributed by atoms with Crippen molar-refractivity contribution in [1.29, 1.82) is 0 Å². The zero-order valence-electron chi connectivity index (χ0n) is 12.1. The summed E-state index contributed by atoms with van der Waals surface area (Å²) < 4.78 is 88.9. The summed E-state index contributed by atoms with van der Waals surface area (Å²) in [6, 6.07) is 0.413. The van der Waals surface area contributed by atoms with Crippen LogP contribution in [0.4, 0.5) is 22.0 Å². The number of alkyl halides is 3. The molecule has 1 N–H and O–H groups in total. The quantitative estimate of drug-likeness (QED) is 0.820. The van der Waals surface area contributed by atoms with Gasteiger partial charge in [0.25, 0.3) is 0 Å². The van der Waals surface area contributed by atoms with Gasteiger partial charge in [-0.2, -0.15) is 17.5 Å². The highest BCUT2D eigenvalue weighted by Crippen LogP contribution is 2.28. The molecule has 24 heavy (non-hydrogen) atoms. The second-order valence-corrected chi connectivity index (χ2v) is 7.04. The molecule has 1 aliphatic rings. The number of benzene rings is 1. The molecule has 1 aromatic carbocycles. The van der Waals surface area contributed by atoms with Gasteiger partial charge in [-0.25, -0.2) is 17.2 Å². The van der Waals surface area contributed by atoms with Crippen LogP contribution in [0.3, 0.4) is 0 Å². The average molecular weight is 372 g/mol. The van der Waals surface area contributed by atoms with Gasteiger partial charge < -0.3 is 5.32 Å². The zero-order chi connectivity index (χ0) is 18.1. The fourth-order valence-corrected chi connectivity index (χ4v) is 4.13. The molecule has 0 spiro atoms. The first-order valence-corrected chi connectivity index (χ1v) is 8.28. The van der Waals surface area contributed by atoms with Crippen LogP contribution in [0.1, 0.15) is 12.8 Å². The van der Waals surface area contributed by atoms with Crippen molar-refractivity contribution in [2.45, 2.75) is 30.0 Å². The number of halogens is 5. The molecule has 1 heterocycles. The third kappa shape index (κ3) is 4.01. The van der Waals surface area contributed by atoms with Crippen molar-refractivity contribution in [2.75, 3.05) is 13.1 Å². The zero-order valence-corrected chi connectivity index (χ0v) is 12.9. The minimum atomic E-state index is -4.65. The van der Waals surface area contributed by atoms with Crippen LogP contribution < -0.4 is 5.32 Å². The summed E-state index contributed by atoms with van der Waals surface area (Å²) in [4.78, 5) is 10.9. The number of nitrogens with one attached hydrogen (secondary N) is 1. The molecule has 0 aromatic heterocycles. The Morgan fingerprint density at radius 3 is 2.58 bits per heavy atom. The SMILES string of the molecule is O=C(NCC(F)(F)F)C1CCCN1S(=O)(=O)c1cc(F)ccc1F. The minimum absolute atomic E-state index is 0.0140. The summed E-state index contributed by atoms with van der Waals surface area (Å²) in [7, 11) is -4.56. The standard InChI is InChI=1S/C13H13F5N2O3S/c14-8-3-4-9(15)11(6-8)24(22,23)20-5-1-2-10(20)12(21)19-7-13(16,17)18/h3-4,6,10H,1-2,5,7H2,(H,19,21). The molecule has 0 saturated carbocycles. The largest absolute Gasteiger partial charge is 0.405 e. The first kappa shape index (κ1) is 18.6. The predicted molar refractivity (Wildman–Crippen MR) is 72.3 cm³/mol. The Kier molecular flexibility index (Phi) is 5.14. The summed E-state index contributed by atoms with van der Waals surface area (Å²) >= 11 is 0. The summed E-state index contributed by atoms with van der Waals surface area (Å²) in [6.45, 7) is -1.78. The van der Waals surface area contributed by atoms with Crippen molar-refractivity contribution >= 4 is 15.9 Å². The van der Waals surface area contributed by atoms with E-state index in [1.807, 2.05) is 0 Å². The van der Waals surface area contributed by atoms with Gasteiger partial charge in [-0.05, 0) is 31.0 Å². The Morgan fingerprint density at radius 2 is 1.96 bits per heavy atom. The van der Waals surface area contributed by atoms with Crippen molar-refractivity contribution in [3.8, 4) is 0 Å². The smallest absolute Gasteiger partial charge is 0.346 e. The maximum atomic E-state index is 13.7. The van der Waals surface area contributed by atoms with Gasteiger partial charge in [0, 0.05) is 6.54 Å². The van der Waals surface area contributed by atoms with E-state index < -0.39 is 51.2 Å². The molecule has 1 fully saturated rings. The molecule has 134 valence electrons. The van der Waals surface area contributed by atoms with Crippen molar-refractivity contribution in [3.63, 3.8) is 0 Å². The van der Waals surface area contributed by atoms with E-state index in [0.29, 0.717) is 16.4 Å². The Hall–Kier alpha value is -1.75. The highest BCUT2D eigenvalue weighted by molar-refractivity contribution is 7.89. The molecule has 1 amide bonds. The lowest BCUT2D eigenvalue weighted by Gasteiger charge is -2.23. The summed E-state index contributed by atoms with van der Waals surface area (Å²) in [5.74, 6) is -3.34. The van der Waals surface area contributed by atoms with Crippen LogP contribution in [0.2, 0.25) is 0 Å². The van der Waals surface area contributed by atoms with Crippen molar-refractivity contribution < 1.29 is 35.2 Å². The van der Waals surface area contributed by atoms with Crippen molar-refractivity contribution in [1.82, 2.24) is 9.62 Å². The molecule has 0 bridgehead atoms. The maximum Gasteiger partial charge on any atom is 0.405 e. The van der Waals surface area contributed by atoms with Gasteiger partial charge in [0.2, 0.25) is 15.9 Å². The summed E-state index contributed by atoms with van der Waals surface area (Å²) in [5.41, 5.74) is 0. The maximum absolute atomic E-state index is 13.7. The van der Waals surface area contributed by atoms with Crippen LogP contribution in [0.15, 0.2) is 23.1 Å². The first-order chi connectivity index (χ1) is 11.0. The minimum Gasteiger partial charge on any atom is -0.346 e. The van der Waals surface area contributed by atoms with Gasteiger partial charge >= 0.3 is 6.18 Å². The van der Waals surface area contributed by atoms with E-state index in [9.17, 15) is 35.2 Å². The molecule has 5 nitrogen and oxygen atoms in total. The van der Waals surface area contributed by atoms with Gasteiger partial charge in [-0.1, -0.05) is 0 Å². The topological polar surface area (TPSA) is 66.5 Å². The molecule has 1 atom stereocenters. The van der Waals surface area contributed by atoms with Crippen molar-refractivity contribution in [2.24, 2.45) is 0 Å². The lowest BCUT2D eigenvalue weighted by atomic mass is 10.2. The second kappa shape index (κ2) is 6.63. The van der Waals surface area contributed by atoms with E-state index in [2.05, 4.69) is 0 Å². The average Bonchev–Trinajstić information content (AvgIpc) is 2.96. The van der Waals surface area contributed by atoms with E-state index in [-0.39, 0.29) is 19.4 Å². The third-order valence-corrected chi connectivity index (χ3v) is 5.37. The number of carbonyl (C=O) groups excluding carboxylic acids is 1. The lowest BCUT2D eigenvalue weighted by Crippen LogP contribution is -2.48. The van der Waals surface area contributed by atoms with E-state index in [1.54, 1.807) is 5.32 Å². The number of rotatable bonds is 4. The Bertz CT molecular complexity index is 736. The van der Waals surface area contributed by atoms with Crippen LogP contribution in [-0.4, -0.2) is 43.9 Å². The summed E-state index contributed by atoms with van der Waals surface area (Å²) in [5, 5.41) is 1.61. The third-order valence-electron chi connectivity index (χ3n) is 3.45. The summed E-state index contributed by atoms with van der Waals surface area (Å²) in [6.07, 6.45) is -4.45. The molecule has 1 aromatic rings. The van der Waals surface area contributed by atoms with Crippen LogP contribution in [0, 0.1) is 11.6 Å². The highest BCUT2D eigenvalue weighted by Gasteiger charge is 2.41. The van der Waals surface area contributed by atoms with E-state index in [0.717, 1.165) is 6.07 Å². The molecular formula is C13H13F5N2O3S. The normalized spacial score (nSPS) is 19.5. The fraction of sp³-hybridized carbons (Fsp3) is 0.462. The van der Waals surface area contributed by atoms with Crippen molar-refractivity contribution in [3.05, 3.63) is 29.8 Å². The van der Waals surface area contributed by atoms with E-state index in [1.165, 1.54) is 0 Å². The number of sulfonamides is 1. The molecular weight excluding hydrogens is 359 g/mol. The molecule has 1 unspecified atom stereocenters. The van der Waals surface area contributed by atoms with E-state index >= 15 is 0 Å². The Labute approximate surface area is 134 Å². The number of nitrogens with zero attached hydrogens (tertiary/aromatic N) is 1. The number of amides is 1. The number of carbonyl (C=O) groups is 1. The van der Waals surface area contributed by atoms with Crippen LogP contribution >= 0.6 is 0 Å². The monoisotopic (exact) mass is 372 g/mol. The van der Waals surface area contributed by atoms with Crippen LogP contribution in [0.5, 0.6) is 0 Å². The number of hydrogen-bond acceptors (Lipinski definition) is 3. The first-order valence-electron chi connectivity index (χ1n) is 6.84. The molecule has 0 aliphatic carbocycles. The fourth-order valence-electron chi connectivity index (χ4n) is 2.40. The lowest BCUT2D eigenvalue weighted by molar-refractivity contribution is -0.140. The van der Waals surface area contributed by atoms with Gasteiger partial charge in [-0.15, -0.1) is 0 Å². The van der Waals surface area contributed by atoms with E-state index in [4.69, 9.17) is 0 Å². The molecule has 2 rings (SSSR count). The molecule has 0 radical (unpaired) electrons. The van der Waals surface area contributed by atoms with Gasteiger partial charge in [0.1, 0.15) is 29.1 Å². The highest BCUT2D eigenvalue weighted by atomic mass is 32.2. The molecule has 1 saturated heterocycles. The number of hydrogen-bond donors (Lipinski definition) is 1. The molecule has 1 aliphatic heterocycles. The van der Waals surface area contributed by atoms with Crippen LogP contribution in [-0.2, 0) is 14.8 Å². The Morgan fingerprint density at radius 1 is 1.29 bits per heavy atom.